The van der Waals surface area contributed by atoms with Crippen LogP contribution in [0, 0.1) is 0 Å². The second-order valence-corrected chi connectivity index (χ2v) is 21.3. The van der Waals surface area contributed by atoms with Gasteiger partial charge in [0, 0.05) is 37.9 Å². The van der Waals surface area contributed by atoms with Crippen LogP contribution in [0.3, 0.4) is 0 Å². The van der Waals surface area contributed by atoms with Gasteiger partial charge in [0.15, 0.2) is 17.2 Å². The van der Waals surface area contributed by atoms with E-state index in [-0.39, 0.29) is 12.3 Å². The highest BCUT2D eigenvalue weighted by atomic mass is 32.1. The summed E-state index contributed by atoms with van der Waals surface area (Å²) in [7, 11) is -1.48. The minimum Gasteiger partial charge on any atom is -0.429 e. The number of hydrogen-bond donors (Lipinski definition) is 0. The summed E-state index contributed by atoms with van der Waals surface area (Å²) >= 11 is 1.96. The molecule has 2 unspecified atom stereocenters. The maximum Gasteiger partial charge on any atom is 0.348 e. The van der Waals surface area contributed by atoms with Crippen LogP contribution in [0.25, 0.3) is 59.5 Å². The Balaban J connectivity index is 1.36. The van der Waals surface area contributed by atoms with Crippen molar-refractivity contribution in [1.82, 2.24) is 4.57 Å². The number of hydrogen-bond acceptors (Lipinski definition) is 2. The summed E-state index contributed by atoms with van der Waals surface area (Å²) in [5.74, 6) is 2.43. The topological polar surface area (TPSA) is 21.9 Å². The molecule has 0 radical (unpaired) electrons. The Bertz CT molecular complexity index is 2670. The third-order valence-corrected chi connectivity index (χ3v) is 14.1. The summed E-state index contributed by atoms with van der Waals surface area (Å²) in [5.41, 5.74) is 9.78. The number of ether oxygens (including phenoxy) is 1. The number of pyridine rings is 1. The summed E-state index contributed by atoms with van der Waals surface area (Å²) in [5, 5.41) is 4.19. The zero-order valence-electron chi connectivity index (χ0n) is 29.0. The number of nitrogens with zero attached hydrogens (tertiary/aromatic N) is 3. The number of benzene rings is 5. The van der Waals surface area contributed by atoms with Gasteiger partial charge < -0.3 is 4.74 Å². The minimum atomic E-state index is -1.48. The van der Waals surface area contributed by atoms with Gasteiger partial charge in [-0.25, -0.2) is 4.57 Å². The summed E-state index contributed by atoms with van der Waals surface area (Å²) in [6, 6.07) is 44.8. The van der Waals surface area contributed by atoms with Crippen molar-refractivity contribution in [2.45, 2.75) is 51.7 Å². The predicted octanol–water partition coefficient (Wildman–Crippen LogP) is 10.1. The molecule has 0 saturated carbocycles. The molecule has 5 heterocycles. The van der Waals surface area contributed by atoms with Crippen molar-refractivity contribution in [1.29, 1.82) is 0 Å². The lowest BCUT2D eigenvalue weighted by molar-refractivity contribution is -0.816. The number of para-hydroxylation sites is 4. The molecule has 3 aromatic heterocycles. The molecule has 2 aliphatic heterocycles. The summed E-state index contributed by atoms with van der Waals surface area (Å²) in [6.45, 7) is 11.9. The average molecular weight is 686 g/mol. The van der Waals surface area contributed by atoms with Gasteiger partial charge >= 0.3 is 6.23 Å². The molecule has 0 spiro atoms. The first-order valence-electron chi connectivity index (χ1n) is 17.7. The van der Waals surface area contributed by atoms with Crippen LogP contribution in [0.4, 0.5) is 0 Å². The lowest BCUT2D eigenvalue weighted by atomic mass is 9.89. The number of thiophene rings is 1. The van der Waals surface area contributed by atoms with Crippen molar-refractivity contribution < 1.29 is 13.9 Å². The zero-order chi connectivity index (χ0) is 33.9. The third-order valence-electron chi connectivity index (χ3n) is 10.8. The second kappa shape index (κ2) is 10.7. The molecule has 0 fully saturated rings. The van der Waals surface area contributed by atoms with Gasteiger partial charge in [-0.3, -0.25) is 0 Å². The van der Waals surface area contributed by atoms with E-state index in [1.807, 2.05) is 11.3 Å². The molecule has 4 nitrogen and oxygen atoms in total. The molecule has 6 heteroatoms. The van der Waals surface area contributed by atoms with Gasteiger partial charge in [-0.15, -0.1) is 11.3 Å². The molecule has 2 aliphatic rings. The molecule has 0 N–H and O–H groups in total. The Morgan fingerprint density at radius 1 is 0.780 bits per heavy atom. The van der Waals surface area contributed by atoms with Crippen molar-refractivity contribution in [3.63, 3.8) is 0 Å². The van der Waals surface area contributed by atoms with E-state index in [1.165, 1.54) is 58.8 Å². The van der Waals surface area contributed by atoms with Gasteiger partial charge in [0.25, 0.3) is 5.82 Å². The average Bonchev–Trinajstić information content (AvgIpc) is 3.62. The minimum absolute atomic E-state index is 0.128. The van der Waals surface area contributed by atoms with Gasteiger partial charge in [-0.2, -0.15) is 9.13 Å². The van der Waals surface area contributed by atoms with Gasteiger partial charge in [-0.1, -0.05) is 105 Å². The monoisotopic (exact) mass is 685 g/mol. The molecule has 2 atom stereocenters. The highest BCUT2D eigenvalue weighted by molar-refractivity contribution is 7.26. The highest BCUT2D eigenvalue weighted by Crippen LogP contribution is 2.49. The molecular weight excluding hydrogens is 647 g/mol. The van der Waals surface area contributed by atoms with Gasteiger partial charge in [-0.05, 0) is 53.9 Å². The van der Waals surface area contributed by atoms with E-state index in [9.17, 15) is 0 Å². The van der Waals surface area contributed by atoms with Gasteiger partial charge in [0.1, 0.15) is 17.0 Å². The SMILES string of the molecule is CC(C)c1cc[n+]2c(c1)-c1c(ccc3c1sc1cc([Si](C)(C)C)ccc13)C1C2Oc2ccccc2-c2n(-c3ccccc3)c3ccccc3[n+]21. The Morgan fingerprint density at radius 2 is 1.54 bits per heavy atom. The normalized spacial score (nSPS) is 16.4. The first-order valence-corrected chi connectivity index (χ1v) is 22.0. The molecular formula is C44H39N3OSSi+2. The predicted molar refractivity (Wildman–Crippen MR) is 209 cm³/mol. The molecule has 0 saturated heterocycles. The van der Waals surface area contributed by atoms with Crippen molar-refractivity contribution in [3.05, 3.63) is 139 Å². The number of rotatable bonds is 3. The summed E-state index contributed by atoms with van der Waals surface area (Å²) in [4.78, 5) is 0. The summed E-state index contributed by atoms with van der Waals surface area (Å²) in [6.07, 6.45) is 1.98. The Labute approximate surface area is 297 Å². The van der Waals surface area contributed by atoms with Crippen LogP contribution >= 0.6 is 11.3 Å². The second-order valence-electron chi connectivity index (χ2n) is 15.2. The number of aromatic nitrogens is 3. The molecule has 0 bridgehead atoms. The number of fused-ring (bicyclic) bond motifs is 16. The van der Waals surface area contributed by atoms with Crippen LogP contribution in [-0.4, -0.2) is 12.6 Å². The number of imidazole rings is 1. The third kappa shape index (κ3) is 4.21. The van der Waals surface area contributed by atoms with E-state index >= 15 is 0 Å². The lowest BCUT2D eigenvalue weighted by Crippen LogP contribution is -2.58. The molecule has 8 aromatic rings. The quantitative estimate of drug-likeness (QED) is 0.134. The van der Waals surface area contributed by atoms with E-state index in [1.54, 1.807) is 0 Å². The van der Waals surface area contributed by atoms with Crippen molar-refractivity contribution in [3.8, 4) is 34.1 Å². The fourth-order valence-corrected chi connectivity index (χ4v) is 10.9. The standard InChI is InChI=1S/C44H39N3OSSi/c1-27(2)28-23-24-45-37(25-28)40-34(22-21-32-31-20-19-30(50(3,4)5)26-39(31)49-42(32)40)41-44(45)48-38-18-12-9-15-33(38)43-46(29-13-7-6-8-14-29)35-16-10-11-17-36(35)47(41)43/h6-27,41,44H,1-5H3/q+2. The van der Waals surface area contributed by atoms with Crippen molar-refractivity contribution >= 4 is 55.8 Å². The first-order chi connectivity index (χ1) is 24.3. The summed E-state index contributed by atoms with van der Waals surface area (Å²) < 4.78 is 17.4. The maximum absolute atomic E-state index is 7.29. The Kier molecular flexibility index (Phi) is 6.40. The Hall–Kier alpha value is -5.04. The van der Waals surface area contributed by atoms with Crippen molar-refractivity contribution in [2.24, 2.45) is 0 Å². The van der Waals surface area contributed by atoms with E-state index in [0.29, 0.717) is 5.92 Å². The molecule has 0 aliphatic carbocycles. The van der Waals surface area contributed by atoms with Crippen LogP contribution in [-0.2, 0) is 0 Å². The van der Waals surface area contributed by atoms with E-state index in [0.717, 1.165) is 22.8 Å². The highest BCUT2D eigenvalue weighted by Gasteiger charge is 2.52. The van der Waals surface area contributed by atoms with E-state index < -0.39 is 8.07 Å². The zero-order valence-corrected chi connectivity index (χ0v) is 30.8. The van der Waals surface area contributed by atoms with Crippen LogP contribution in [0.2, 0.25) is 19.6 Å². The van der Waals surface area contributed by atoms with Crippen LogP contribution in [0.15, 0.2) is 128 Å². The fourth-order valence-electron chi connectivity index (χ4n) is 8.28. The van der Waals surface area contributed by atoms with Crippen LogP contribution in [0.5, 0.6) is 5.75 Å². The first kappa shape index (κ1) is 29.8. The molecule has 244 valence electrons. The van der Waals surface area contributed by atoms with Crippen LogP contribution in [0.1, 0.15) is 43.2 Å². The van der Waals surface area contributed by atoms with E-state index in [2.05, 4.69) is 175 Å². The van der Waals surface area contributed by atoms with Gasteiger partial charge in [0.2, 0.25) is 11.7 Å². The van der Waals surface area contributed by atoms with Gasteiger partial charge in [0.05, 0.1) is 13.6 Å². The fraction of sp³-hybridized carbons (Fsp3) is 0.182. The largest absolute Gasteiger partial charge is 0.429 e. The molecule has 50 heavy (non-hydrogen) atoms. The Morgan fingerprint density at radius 3 is 2.36 bits per heavy atom. The smallest absolute Gasteiger partial charge is 0.348 e. The molecule has 0 amide bonds. The maximum atomic E-state index is 7.29. The van der Waals surface area contributed by atoms with Crippen LogP contribution < -0.4 is 19.1 Å². The van der Waals surface area contributed by atoms with E-state index in [4.69, 9.17) is 4.74 Å². The lowest BCUT2D eigenvalue weighted by Gasteiger charge is -2.28. The van der Waals surface area contributed by atoms with Crippen molar-refractivity contribution in [2.75, 3.05) is 0 Å². The molecule has 10 rings (SSSR count). The molecule has 5 aromatic carbocycles.